The Morgan fingerprint density at radius 3 is 2.12 bits per heavy atom. The van der Waals surface area contributed by atoms with Gasteiger partial charge in [0.15, 0.2) is 0 Å². The highest BCUT2D eigenvalue weighted by atomic mass is 16.4. The molecule has 4 amide bonds. The summed E-state index contributed by atoms with van der Waals surface area (Å²) in [4.78, 5) is 75.9. The SMILES string of the molecule is CC(C)[C@H](N)C(=O)N[C@@H](CCC(=O)O)C(=O)N[C@@H](CO)C(=O)N1CCC[C@H]1C(=O)N[C@@H](Cc1ccc(O)cc1)C(=O)O. The lowest BCUT2D eigenvalue weighted by atomic mass is 10.0. The zero-order chi connectivity index (χ0) is 31.6. The van der Waals surface area contributed by atoms with E-state index >= 15 is 0 Å². The number of nitrogens with zero attached hydrogens (tertiary/aromatic N) is 1. The third kappa shape index (κ3) is 9.69. The van der Waals surface area contributed by atoms with Crippen molar-refractivity contribution in [3.63, 3.8) is 0 Å². The van der Waals surface area contributed by atoms with Crippen LogP contribution in [0, 0.1) is 5.92 Å². The van der Waals surface area contributed by atoms with Gasteiger partial charge in [0.2, 0.25) is 23.6 Å². The van der Waals surface area contributed by atoms with E-state index in [1.807, 2.05) is 0 Å². The topological polar surface area (TPSA) is 249 Å². The van der Waals surface area contributed by atoms with Crippen molar-refractivity contribution < 1.29 is 49.2 Å². The number of aliphatic hydroxyl groups excluding tert-OH is 1. The van der Waals surface area contributed by atoms with E-state index in [1.165, 1.54) is 24.3 Å². The largest absolute Gasteiger partial charge is 0.508 e. The standard InChI is InChI=1S/C27H39N5O10/c1-14(2)22(28)25(39)29-17(9-10-21(35)36)23(37)31-19(13-33)26(40)32-11-3-4-20(32)24(38)30-18(27(41)42)12-15-5-7-16(34)8-6-15/h5-8,14,17-20,22,33-34H,3-4,9-13,28H2,1-2H3,(H,29,39)(H,30,38)(H,31,37)(H,35,36)(H,41,42)/t17-,18-,19-,20-,22-/m0/s1. The molecular formula is C27H39N5O10. The highest BCUT2D eigenvalue weighted by Crippen LogP contribution is 2.20. The lowest BCUT2D eigenvalue weighted by molar-refractivity contribution is -0.145. The summed E-state index contributed by atoms with van der Waals surface area (Å²) in [7, 11) is 0. The summed E-state index contributed by atoms with van der Waals surface area (Å²) in [5.74, 6) is -5.97. The summed E-state index contributed by atoms with van der Waals surface area (Å²) in [6.07, 6.45) is -0.260. The number of likely N-dealkylation sites (tertiary alicyclic amines) is 1. The molecule has 0 radical (unpaired) electrons. The van der Waals surface area contributed by atoms with Crippen molar-refractivity contribution in [2.75, 3.05) is 13.2 Å². The summed E-state index contributed by atoms with van der Waals surface area (Å²) in [5, 5.41) is 45.2. The zero-order valence-electron chi connectivity index (χ0n) is 23.5. The van der Waals surface area contributed by atoms with Crippen LogP contribution >= 0.6 is 0 Å². The second-order valence-corrected chi connectivity index (χ2v) is 10.5. The van der Waals surface area contributed by atoms with Crippen LogP contribution in [0.3, 0.4) is 0 Å². The van der Waals surface area contributed by atoms with Crippen LogP contribution in [0.1, 0.15) is 45.1 Å². The number of carbonyl (C=O) groups excluding carboxylic acids is 4. The van der Waals surface area contributed by atoms with Crippen molar-refractivity contribution in [3.8, 4) is 5.75 Å². The summed E-state index contributed by atoms with van der Waals surface area (Å²) in [5.41, 5.74) is 6.37. The normalized spacial score (nSPS) is 17.5. The number of aromatic hydroxyl groups is 1. The zero-order valence-corrected chi connectivity index (χ0v) is 23.5. The Hall–Kier alpha value is -4.24. The number of phenols is 1. The number of amides is 4. The molecule has 0 unspecified atom stereocenters. The number of aliphatic carboxylic acids is 2. The van der Waals surface area contributed by atoms with Gasteiger partial charge in [-0.15, -0.1) is 0 Å². The number of rotatable bonds is 15. The van der Waals surface area contributed by atoms with E-state index in [0.29, 0.717) is 12.0 Å². The van der Waals surface area contributed by atoms with Crippen molar-refractivity contribution in [2.45, 2.75) is 76.2 Å². The highest BCUT2D eigenvalue weighted by molar-refractivity contribution is 5.96. The van der Waals surface area contributed by atoms with Crippen LogP contribution in [0.25, 0.3) is 0 Å². The molecule has 1 aliphatic heterocycles. The van der Waals surface area contributed by atoms with Crippen molar-refractivity contribution >= 4 is 35.6 Å². The molecule has 0 spiro atoms. The molecule has 15 heteroatoms. The smallest absolute Gasteiger partial charge is 0.326 e. The van der Waals surface area contributed by atoms with Gasteiger partial charge in [0.25, 0.3) is 0 Å². The van der Waals surface area contributed by atoms with Crippen molar-refractivity contribution in [2.24, 2.45) is 11.7 Å². The molecule has 0 saturated carbocycles. The van der Waals surface area contributed by atoms with Gasteiger partial charge in [-0.3, -0.25) is 24.0 Å². The van der Waals surface area contributed by atoms with Gasteiger partial charge in [-0.25, -0.2) is 4.79 Å². The van der Waals surface area contributed by atoms with Gasteiger partial charge < -0.3 is 47.0 Å². The number of nitrogens with two attached hydrogens (primary N) is 1. The molecule has 1 saturated heterocycles. The Balaban J connectivity index is 2.12. The van der Waals surface area contributed by atoms with Gasteiger partial charge in [-0.2, -0.15) is 0 Å². The van der Waals surface area contributed by atoms with E-state index in [-0.39, 0.29) is 37.5 Å². The van der Waals surface area contributed by atoms with E-state index in [2.05, 4.69) is 16.0 Å². The summed E-state index contributed by atoms with van der Waals surface area (Å²) < 4.78 is 0. The van der Waals surface area contributed by atoms with Crippen LogP contribution < -0.4 is 21.7 Å². The Labute approximate surface area is 242 Å². The molecule has 232 valence electrons. The maximum atomic E-state index is 13.3. The lowest BCUT2D eigenvalue weighted by Gasteiger charge is -2.30. The van der Waals surface area contributed by atoms with Gasteiger partial charge in [-0.1, -0.05) is 26.0 Å². The second kappa shape index (κ2) is 15.7. The van der Waals surface area contributed by atoms with E-state index in [9.17, 15) is 44.1 Å². The molecular weight excluding hydrogens is 554 g/mol. The molecule has 1 aromatic carbocycles. The van der Waals surface area contributed by atoms with Crippen LogP contribution in [0.2, 0.25) is 0 Å². The molecule has 5 atom stereocenters. The lowest BCUT2D eigenvalue weighted by Crippen LogP contribution is -2.59. The number of nitrogens with one attached hydrogen (secondary N) is 3. The maximum Gasteiger partial charge on any atom is 0.326 e. The predicted octanol–water partition coefficient (Wildman–Crippen LogP) is -1.69. The Morgan fingerprint density at radius 2 is 1.57 bits per heavy atom. The fourth-order valence-corrected chi connectivity index (χ4v) is 4.40. The minimum atomic E-state index is -1.53. The number of hydrogen-bond donors (Lipinski definition) is 8. The van der Waals surface area contributed by atoms with E-state index in [4.69, 9.17) is 10.8 Å². The van der Waals surface area contributed by atoms with E-state index in [0.717, 1.165) is 4.90 Å². The third-order valence-electron chi connectivity index (χ3n) is 6.93. The molecule has 0 bridgehead atoms. The monoisotopic (exact) mass is 593 g/mol. The van der Waals surface area contributed by atoms with Crippen LogP contribution in [0.5, 0.6) is 5.75 Å². The number of phenolic OH excluding ortho intramolecular Hbond substituents is 1. The number of carboxylic acid groups (broad SMARTS) is 2. The maximum absolute atomic E-state index is 13.3. The number of benzene rings is 1. The van der Waals surface area contributed by atoms with Crippen LogP contribution in [-0.2, 0) is 35.2 Å². The fourth-order valence-electron chi connectivity index (χ4n) is 4.40. The summed E-state index contributed by atoms with van der Waals surface area (Å²) >= 11 is 0. The minimum absolute atomic E-state index is 0.00461. The summed E-state index contributed by atoms with van der Waals surface area (Å²) in [6.45, 7) is 2.61. The van der Waals surface area contributed by atoms with Crippen LogP contribution in [0.15, 0.2) is 24.3 Å². The predicted molar refractivity (Wildman–Crippen MR) is 147 cm³/mol. The van der Waals surface area contributed by atoms with E-state index < -0.39 is 78.8 Å². The van der Waals surface area contributed by atoms with Crippen molar-refractivity contribution in [3.05, 3.63) is 29.8 Å². The Morgan fingerprint density at radius 1 is 0.952 bits per heavy atom. The molecule has 1 heterocycles. The molecule has 1 aromatic rings. The van der Waals surface area contributed by atoms with Gasteiger partial charge in [-0.05, 0) is 42.9 Å². The molecule has 1 fully saturated rings. The first-order valence-corrected chi connectivity index (χ1v) is 13.6. The average Bonchev–Trinajstić information content (AvgIpc) is 3.43. The molecule has 0 aliphatic carbocycles. The molecule has 2 rings (SSSR count). The summed E-state index contributed by atoms with van der Waals surface area (Å²) in [6, 6.07) is -0.482. The Kier molecular flexibility index (Phi) is 12.7. The first kappa shape index (κ1) is 34.0. The van der Waals surface area contributed by atoms with Crippen LogP contribution in [0.4, 0.5) is 0 Å². The number of aliphatic hydroxyl groups is 1. The van der Waals surface area contributed by atoms with E-state index in [1.54, 1.807) is 13.8 Å². The first-order chi connectivity index (χ1) is 19.7. The fraction of sp³-hybridized carbons (Fsp3) is 0.556. The Bertz CT molecular complexity index is 1140. The molecule has 0 aromatic heterocycles. The molecule has 42 heavy (non-hydrogen) atoms. The third-order valence-corrected chi connectivity index (χ3v) is 6.93. The van der Waals surface area contributed by atoms with Gasteiger partial charge in [0, 0.05) is 19.4 Å². The highest BCUT2D eigenvalue weighted by Gasteiger charge is 2.39. The number of carboxylic acids is 2. The minimum Gasteiger partial charge on any atom is -0.508 e. The molecule has 15 nitrogen and oxygen atoms in total. The van der Waals surface area contributed by atoms with Gasteiger partial charge >= 0.3 is 11.9 Å². The first-order valence-electron chi connectivity index (χ1n) is 13.6. The number of carbonyl (C=O) groups is 6. The quantitative estimate of drug-likeness (QED) is 0.114. The average molecular weight is 594 g/mol. The van der Waals surface area contributed by atoms with Gasteiger partial charge in [0.1, 0.15) is 29.9 Å². The van der Waals surface area contributed by atoms with Crippen molar-refractivity contribution in [1.82, 2.24) is 20.9 Å². The molecule has 9 N–H and O–H groups in total. The van der Waals surface area contributed by atoms with Crippen LogP contribution in [-0.4, -0.2) is 104 Å². The van der Waals surface area contributed by atoms with Gasteiger partial charge in [0.05, 0.1) is 12.6 Å². The van der Waals surface area contributed by atoms with Crippen molar-refractivity contribution in [1.29, 1.82) is 0 Å². The molecule has 1 aliphatic rings. The second-order valence-electron chi connectivity index (χ2n) is 10.5. The number of hydrogen-bond acceptors (Lipinski definition) is 9.